The van der Waals surface area contributed by atoms with Crippen molar-refractivity contribution in [2.75, 3.05) is 32.7 Å². The molecule has 2 heterocycles. The maximum Gasteiger partial charge on any atom is 0.251 e. The van der Waals surface area contributed by atoms with E-state index in [4.69, 9.17) is 0 Å². The number of benzene rings is 1. The lowest BCUT2D eigenvalue weighted by atomic mass is 10.2. The summed E-state index contributed by atoms with van der Waals surface area (Å²) in [4.78, 5) is 29.5. The number of thiophene rings is 1. The Hall–Kier alpha value is -1.84. The van der Waals surface area contributed by atoms with Gasteiger partial charge >= 0.3 is 0 Å². The standard InChI is InChI=1S/C18H18BrF2N3O2S/c19-16-2-1-15(27-16)11-23-3-5-24(6-4-23)17(25)10-22-18(26)12-7-13(20)9-14(21)8-12/h1-2,7-9H,3-6,10-11H2,(H,22,26). The molecular formula is C18H18BrF2N3O2S. The van der Waals surface area contributed by atoms with E-state index in [1.54, 1.807) is 16.2 Å². The number of carbonyl (C=O) groups excluding carboxylic acids is 2. The number of halogens is 3. The van der Waals surface area contributed by atoms with Crippen molar-refractivity contribution in [1.29, 1.82) is 0 Å². The highest BCUT2D eigenvalue weighted by Gasteiger charge is 2.22. The van der Waals surface area contributed by atoms with Crippen LogP contribution in [0.1, 0.15) is 15.2 Å². The highest BCUT2D eigenvalue weighted by molar-refractivity contribution is 9.11. The summed E-state index contributed by atoms with van der Waals surface area (Å²) in [6.07, 6.45) is 0. The minimum atomic E-state index is -0.833. The molecule has 0 aliphatic carbocycles. The lowest BCUT2D eigenvalue weighted by molar-refractivity contribution is -0.131. The number of hydrogen-bond acceptors (Lipinski definition) is 4. The van der Waals surface area contributed by atoms with Crippen LogP contribution in [0.2, 0.25) is 0 Å². The molecule has 1 aliphatic heterocycles. The van der Waals surface area contributed by atoms with Crippen molar-refractivity contribution < 1.29 is 18.4 Å². The minimum absolute atomic E-state index is 0.146. The summed E-state index contributed by atoms with van der Waals surface area (Å²) in [5.74, 6) is -2.55. The molecule has 2 aromatic rings. The van der Waals surface area contributed by atoms with Gasteiger partial charge in [0, 0.05) is 49.2 Å². The van der Waals surface area contributed by atoms with Crippen molar-refractivity contribution in [3.8, 4) is 0 Å². The predicted molar refractivity (Wildman–Crippen MR) is 103 cm³/mol. The molecule has 3 rings (SSSR count). The van der Waals surface area contributed by atoms with E-state index in [1.807, 2.05) is 6.07 Å². The van der Waals surface area contributed by atoms with Gasteiger partial charge in [-0.3, -0.25) is 14.5 Å². The molecule has 0 saturated carbocycles. The number of piperazine rings is 1. The first-order valence-corrected chi connectivity index (χ1v) is 10.0. The van der Waals surface area contributed by atoms with Crippen molar-refractivity contribution in [3.05, 3.63) is 56.2 Å². The van der Waals surface area contributed by atoms with Gasteiger partial charge in [0.25, 0.3) is 5.91 Å². The third kappa shape index (κ3) is 5.57. The SMILES string of the molecule is O=C(NCC(=O)N1CCN(Cc2ccc(Br)s2)CC1)c1cc(F)cc(F)c1. The molecule has 0 bridgehead atoms. The quantitative estimate of drug-likeness (QED) is 0.750. The van der Waals surface area contributed by atoms with Gasteiger partial charge in [-0.1, -0.05) is 0 Å². The van der Waals surface area contributed by atoms with E-state index >= 15 is 0 Å². The fourth-order valence-electron chi connectivity index (χ4n) is 2.87. The van der Waals surface area contributed by atoms with E-state index < -0.39 is 17.5 Å². The zero-order chi connectivity index (χ0) is 19.4. The Bertz CT molecular complexity index is 818. The molecule has 1 N–H and O–H groups in total. The molecule has 1 fully saturated rings. The molecule has 1 saturated heterocycles. The predicted octanol–water partition coefficient (Wildman–Crippen LogP) is 2.86. The Labute approximate surface area is 168 Å². The highest BCUT2D eigenvalue weighted by Crippen LogP contribution is 2.23. The molecule has 0 unspecified atom stereocenters. The van der Waals surface area contributed by atoms with E-state index in [2.05, 4.69) is 32.2 Å². The van der Waals surface area contributed by atoms with Crippen LogP contribution in [-0.4, -0.2) is 54.3 Å². The minimum Gasteiger partial charge on any atom is -0.343 e. The van der Waals surface area contributed by atoms with Crippen LogP contribution >= 0.6 is 27.3 Å². The van der Waals surface area contributed by atoms with Gasteiger partial charge in [0.2, 0.25) is 5.91 Å². The Kier molecular flexibility index (Phi) is 6.56. The number of rotatable bonds is 5. The van der Waals surface area contributed by atoms with Crippen molar-refractivity contribution >= 4 is 39.1 Å². The summed E-state index contributed by atoms with van der Waals surface area (Å²) in [6, 6.07) is 6.66. The van der Waals surface area contributed by atoms with Crippen molar-refractivity contribution in [2.24, 2.45) is 0 Å². The topological polar surface area (TPSA) is 52.7 Å². The van der Waals surface area contributed by atoms with Gasteiger partial charge in [0.1, 0.15) is 11.6 Å². The Morgan fingerprint density at radius 1 is 1.07 bits per heavy atom. The summed E-state index contributed by atoms with van der Waals surface area (Å²) < 4.78 is 27.4. The molecule has 2 amide bonds. The Morgan fingerprint density at radius 3 is 2.33 bits per heavy atom. The second-order valence-electron chi connectivity index (χ2n) is 6.20. The van der Waals surface area contributed by atoms with Crippen LogP contribution < -0.4 is 5.32 Å². The van der Waals surface area contributed by atoms with Crippen molar-refractivity contribution in [2.45, 2.75) is 6.54 Å². The monoisotopic (exact) mass is 457 g/mol. The van der Waals surface area contributed by atoms with Gasteiger partial charge in [-0.15, -0.1) is 11.3 Å². The van der Waals surface area contributed by atoms with E-state index in [1.165, 1.54) is 4.88 Å². The molecule has 9 heteroatoms. The number of hydrogen-bond donors (Lipinski definition) is 1. The van der Waals surface area contributed by atoms with Crippen LogP contribution in [0.15, 0.2) is 34.1 Å². The van der Waals surface area contributed by atoms with Crippen molar-refractivity contribution in [1.82, 2.24) is 15.1 Å². The molecule has 0 atom stereocenters. The first-order chi connectivity index (χ1) is 12.9. The van der Waals surface area contributed by atoms with Gasteiger partial charge in [0.05, 0.1) is 10.3 Å². The number of nitrogens with one attached hydrogen (secondary N) is 1. The second kappa shape index (κ2) is 8.90. The van der Waals surface area contributed by atoms with Crippen LogP contribution in [0.5, 0.6) is 0 Å². The number of carbonyl (C=O) groups is 2. The molecule has 27 heavy (non-hydrogen) atoms. The highest BCUT2D eigenvalue weighted by atomic mass is 79.9. The van der Waals surface area contributed by atoms with Crippen LogP contribution in [0, 0.1) is 11.6 Å². The van der Waals surface area contributed by atoms with Gasteiger partial charge < -0.3 is 10.2 Å². The maximum atomic E-state index is 13.2. The number of amides is 2. The normalized spacial score (nSPS) is 15.0. The molecule has 0 spiro atoms. The summed E-state index contributed by atoms with van der Waals surface area (Å²) in [5.41, 5.74) is -0.146. The Balaban J connectivity index is 1.44. The van der Waals surface area contributed by atoms with Crippen LogP contribution in [0.25, 0.3) is 0 Å². The third-order valence-electron chi connectivity index (χ3n) is 4.26. The summed E-state index contributed by atoms with van der Waals surface area (Å²) in [7, 11) is 0. The van der Waals surface area contributed by atoms with Crippen molar-refractivity contribution in [3.63, 3.8) is 0 Å². The smallest absolute Gasteiger partial charge is 0.251 e. The molecular weight excluding hydrogens is 440 g/mol. The summed E-state index contributed by atoms with van der Waals surface area (Å²) in [5, 5.41) is 2.42. The zero-order valence-electron chi connectivity index (χ0n) is 14.4. The van der Waals surface area contributed by atoms with E-state index in [-0.39, 0.29) is 18.0 Å². The lowest BCUT2D eigenvalue weighted by Crippen LogP contribution is -2.50. The summed E-state index contributed by atoms with van der Waals surface area (Å²) >= 11 is 5.14. The fraction of sp³-hybridized carbons (Fsp3) is 0.333. The van der Waals surface area contributed by atoms with Crippen LogP contribution in [0.4, 0.5) is 8.78 Å². The van der Waals surface area contributed by atoms with Gasteiger partial charge in [-0.2, -0.15) is 0 Å². The van der Waals surface area contributed by atoms with Gasteiger partial charge in [0.15, 0.2) is 0 Å². The van der Waals surface area contributed by atoms with Gasteiger partial charge in [-0.05, 0) is 40.2 Å². The lowest BCUT2D eigenvalue weighted by Gasteiger charge is -2.34. The molecule has 1 aliphatic rings. The largest absolute Gasteiger partial charge is 0.343 e. The first-order valence-electron chi connectivity index (χ1n) is 8.39. The van der Waals surface area contributed by atoms with E-state index in [9.17, 15) is 18.4 Å². The molecule has 1 aromatic heterocycles. The molecule has 1 aromatic carbocycles. The fourth-order valence-corrected chi connectivity index (χ4v) is 4.39. The third-order valence-corrected chi connectivity index (χ3v) is 5.87. The molecule has 5 nitrogen and oxygen atoms in total. The zero-order valence-corrected chi connectivity index (χ0v) is 16.8. The van der Waals surface area contributed by atoms with Crippen LogP contribution in [-0.2, 0) is 11.3 Å². The van der Waals surface area contributed by atoms with E-state index in [0.29, 0.717) is 19.2 Å². The van der Waals surface area contributed by atoms with Gasteiger partial charge in [-0.25, -0.2) is 8.78 Å². The second-order valence-corrected chi connectivity index (χ2v) is 8.75. The van der Waals surface area contributed by atoms with Crippen LogP contribution in [0.3, 0.4) is 0 Å². The summed E-state index contributed by atoms with van der Waals surface area (Å²) in [6.45, 7) is 3.31. The Morgan fingerprint density at radius 2 is 1.74 bits per heavy atom. The average Bonchev–Trinajstić information content (AvgIpc) is 3.04. The molecule has 0 radical (unpaired) electrons. The first kappa shape index (κ1) is 19.9. The average molecular weight is 458 g/mol. The maximum absolute atomic E-state index is 13.2. The van der Waals surface area contributed by atoms with E-state index in [0.717, 1.165) is 35.6 Å². The number of nitrogens with zero attached hydrogens (tertiary/aromatic N) is 2. The molecule has 144 valence electrons.